The van der Waals surface area contributed by atoms with E-state index in [0.29, 0.717) is 16.3 Å². The molecule has 2 rings (SSSR count). The van der Waals surface area contributed by atoms with Gasteiger partial charge in [0.2, 0.25) is 0 Å². The molecule has 98 valence electrons. The van der Waals surface area contributed by atoms with Crippen molar-refractivity contribution in [2.24, 2.45) is 0 Å². The van der Waals surface area contributed by atoms with Crippen LogP contribution in [0.3, 0.4) is 0 Å². The summed E-state index contributed by atoms with van der Waals surface area (Å²) in [6, 6.07) is 12.5. The number of esters is 1. The zero-order valence-electron chi connectivity index (χ0n) is 10.5. The van der Waals surface area contributed by atoms with Crippen molar-refractivity contribution in [3.8, 4) is 0 Å². The van der Waals surface area contributed by atoms with Crippen molar-refractivity contribution < 1.29 is 9.53 Å². The summed E-state index contributed by atoms with van der Waals surface area (Å²) in [4.78, 5) is 11.9. The maximum absolute atomic E-state index is 11.9. The largest absolute Gasteiger partial charge is 0.457 e. The van der Waals surface area contributed by atoms with Crippen molar-refractivity contribution in [1.82, 2.24) is 0 Å². The van der Waals surface area contributed by atoms with Gasteiger partial charge >= 0.3 is 5.97 Å². The van der Waals surface area contributed by atoms with E-state index in [-0.39, 0.29) is 6.61 Å². The Kier molecular flexibility index (Phi) is 4.07. The van der Waals surface area contributed by atoms with Gasteiger partial charge in [-0.3, -0.25) is 0 Å². The van der Waals surface area contributed by atoms with Crippen molar-refractivity contribution in [2.45, 2.75) is 13.5 Å². The molecule has 0 radical (unpaired) electrons. The van der Waals surface area contributed by atoms with Crippen LogP contribution < -0.4 is 5.73 Å². The van der Waals surface area contributed by atoms with Gasteiger partial charge in [0.15, 0.2) is 0 Å². The van der Waals surface area contributed by atoms with Crippen molar-refractivity contribution in [1.29, 1.82) is 0 Å². The van der Waals surface area contributed by atoms with Crippen molar-refractivity contribution in [3.05, 3.63) is 64.2 Å². The fourth-order valence-corrected chi connectivity index (χ4v) is 1.99. The van der Waals surface area contributed by atoms with E-state index >= 15 is 0 Å². The van der Waals surface area contributed by atoms with Gasteiger partial charge in [-0.2, -0.15) is 0 Å². The summed E-state index contributed by atoms with van der Waals surface area (Å²) in [6.07, 6.45) is 0. The average molecular weight is 276 g/mol. The molecule has 19 heavy (non-hydrogen) atoms. The molecule has 0 unspecified atom stereocenters. The molecule has 0 aliphatic rings. The maximum atomic E-state index is 11.9. The van der Waals surface area contributed by atoms with E-state index in [2.05, 4.69) is 0 Å². The molecule has 2 aromatic rings. The van der Waals surface area contributed by atoms with Crippen LogP contribution in [-0.4, -0.2) is 5.97 Å². The van der Waals surface area contributed by atoms with Gasteiger partial charge < -0.3 is 10.5 Å². The Morgan fingerprint density at radius 2 is 2.05 bits per heavy atom. The first-order valence-electron chi connectivity index (χ1n) is 5.84. The smallest absolute Gasteiger partial charge is 0.339 e. The molecule has 0 aliphatic heterocycles. The molecule has 0 aliphatic carbocycles. The third-order valence-corrected chi connectivity index (χ3v) is 2.98. The molecule has 0 spiro atoms. The molecular weight excluding hydrogens is 262 g/mol. The predicted octanol–water partition coefficient (Wildman–Crippen LogP) is 3.59. The predicted molar refractivity (Wildman–Crippen MR) is 76.2 cm³/mol. The molecular formula is C15H14ClNO2. The van der Waals surface area contributed by atoms with Crippen LogP contribution in [0.4, 0.5) is 5.69 Å². The van der Waals surface area contributed by atoms with Gasteiger partial charge in [-0.1, -0.05) is 41.4 Å². The minimum atomic E-state index is -0.452. The molecule has 0 heterocycles. The summed E-state index contributed by atoms with van der Waals surface area (Å²) in [5.74, 6) is -0.452. The van der Waals surface area contributed by atoms with Gasteiger partial charge in [-0.05, 0) is 30.7 Å². The van der Waals surface area contributed by atoms with Crippen LogP contribution in [0.1, 0.15) is 21.5 Å². The molecule has 0 saturated carbocycles. The fourth-order valence-electron chi connectivity index (χ4n) is 1.73. The second kappa shape index (κ2) is 5.76. The highest BCUT2D eigenvalue weighted by atomic mass is 35.5. The topological polar surface area (TPSA) is 52.3 Å². The quantitative estimate of drug-likeness (QED) is 0.688. The van der Waals surface area contributed by atoms with E-state index in [1.807, 2.05) is 31.2 Å². The molecule has 0 saturated heterocycles. The van der Waals surface area contributed by atoms with Crippen LogP contribution >= 0.6 is 11.6 Å². The third kappa shape index (κ3) is 3.48. The van der Waals surface area contributed by atoms with Crippen molar-refractivity contribution >= 4 is 23.3 Å². The first-order chi connectivity index (χ1) is 9.06. The van der Waals surface area contributed by atoms with Crippen LogP contribution in [0.5, 0.6) is 0 Å². The lowest BCUT2D eigenvalue weighted by atomic mass is 10.1. The Bertz CT molecular complexity index is 611. The number of carbonyl (C=O) groups is 1. The number of benzene rings is 2. The Hall–Kier alpha value is -2.00. The van der Waals surface area contributed by atoms with E-state index in [4.69, 9.17) is 22.1 Å². The molecule has 2 N–H and O–H groups in total. The SMILES string of the molecule is Cc1cccc(COC(=O)c2ccc(N)cc2Cl)c1. The molecule has 0 bridgehead atoms. The number of ether oxygens (including phenoxy) is 1. The summed E-state index contributed by atoms with van der Waals surface area (Å²) in [5, 5.41) is 0.300. The van der Waals surface area contributed by atoms with Crippen LogP contribution in [-0.2, 0) is 11.3 Å². The second-order valence-electron chi connectivity index (χ2n) is 4.30. The number of hydrogen-bond donors (Lipinski definition) is 1. The Morgan fingerprint density at radius 1 is 1.26 bits per heavy atom. The Balaban J connectivity index is 2.05. The number of nitrogens with two attached hydrogens (primary N) is 1. The van der Waals surface area contributed by atoms with E-state index in [9.17, 15) is 4.79 Å². The molecule has 0 atom stereocenters. The third-order valence-electron chi connectivity index (χ3n) is 2.67. The summed E-state index contributed by atoms with van der Waals surface area (Å²) in [5.41, 5.74) is 8.48. The Labute approximate surface area is 117 Å². The standard InChI is InChI=1S/C15H14ClNO2/c1-10-3-2-4-11(7-10)9-19-15(18)13-6-5-12(17)8-14(13)16/h2-8H,9,17H2,1H3. The first kappa shape index (κ1) is 13.4. The second-order valence-corrected chi connectivity index (χ2v) is 4.71. The lowest BCUT2D eigenvalue weighted by Crippen LogP contribution is -2.06. The zero-order valence-corrected chi connectivity index (χ0v) is 11.3. The number of hydrogen-bond acceptors (Lipinski definition) is 3. The van der Waals surface area contributed by atoms with Crippen LogP contribution in [0.25, 0.3) is 0 Å². The minimum absolute atomic E-state index is 0.223. The van der Waals surface area contributed by atoms with Crippen LogP contribution in [0, 0.1) is 6.92 Å². The van der Waals surface area contributed by atoms with E-state index < -0.39 is 5.97 Å². The van der Waals surface area contributed by atoms with Crippen LogP contribution in [0.2, 0.25) is 5.02 Å². The van der Waals surface area contributed by atoms with Gasteiger partial charge in [-0.25, -0.2) is 4.79 Å². The normalized spacial score (nSPS) is 10.2. The maximum Gasteiger partial charge on any atom is 0.339 e. The van der Waals surface area contributed by atoms with E-state index in [1.54, 1.807) is 12.1 Å². The molecule has 0 amide bonds. The lowest BCUT2D eigenvalue weighted by molar-refractivity contribution is 0.0473. The Morgan fingerprint density at radius 3 is 2.74 bits per heavy atom. The molecule has 0 fully saturated rings. The highest BCUT2D eigenvalue weighted by molar-refractivity contribution is 6.33. The molecule has 0 aromatic heterocycles. The highest BCUT2D eigenvalue weighted by Crippen LogP contribution is 2.20. The zero-order chi connectivity index (χ0) is 13.8. The highest BCUT2D eigenvalue weighted by Gasteiger charge is 2.12. The van der Waals surface area contributed by atoms with Gasteiger partial charge in [-0.15, -0.1) is 0 Å². The number of anilines is 1. The summed E-state index contributed by atoms with van der Waals surface area (Å²) >= 11 is 5.95. The summed E-state index contributed by atoms with van der Waals surface area (Å²) in [7, 11) is 0. The lowest BCUT2D eigenvalue weighted by Gasteiger charge is -2.07. The molecule has 4 heteroatoms. The molecule has 3 nitrogen and oxygen atoms in total. The number of halogens is 1. The van der Waals surface area contributed by atoms with E-state index in [1.165, 1.54) is 6.07 Å². The van der Waals surface area contributed by atoms with E-state index in [0.717, 1.165) is 11.1 Å². The monoisotopic (exact) mass is 275 g/mol. The number of carbonyl (C=O) groups excluding carboxylic acids is 1. The summed E-state index contributed by atoms with van der Waals surface area (Å²) < 4.78 is 5.23. The van der Waals surface area contributed by atoms with Crippen molar-refractivity contribution in [3.63, 3.8) is 0 Å². The average Bonchev–Trinajstić information content (AvgIpc) is 2.36. The van der Waals surface area contributed by atoms with Gasteiger partial charge in [0.05, 0.1) is 10.6 Å². The van der Waals surface area contributed by atoms with Gasteiger partial charge in [0.25, 0.3) is 0 Å². The van der Waals surface area contributed by atoms with Crippen molar-refractivity contribution in [2.75, 3.05) is 5.73 Å². The van der Waals surface area contributed by atoms with Gasteiger partial charge in [0.1, 0.15) is 6.61 Å². The fraction of sp³-hybridized carbons (Fsp3) is 0.133. The minimum Gasteiger partial charge on any atom is -0.457 e. The first-order valence-corrected chi connectivity index (χ1v) is 6.22. The summed E-state index contributed by atoms with van der Waals surface area (Å²) in [6.45, 7) is 2.21. The van der Waals surface area contributed by atoms with Crippen LogP contribution in [0.15, 0.2) is 42.5 Å². The van der Waals surface area contributed by atoms with Gasteiger partial charge in [0, 0.05) is 5.69 Å². The molecule has 2 aromatic carbocycles. The number of nitrogen functional groups attached to an aromatic ring is 1. The number of aryl methyl sites for hydroxylation is 1. The number of rotatable bonds is 3.